The first-order valence-electron chi connectivity index (χ1n) is 5.85. The third-order valence-corrected chi connectivity index (χ3v) is 3.46. The normalized spacial score (nSPS) is 12.5. The molecule has 3 nitrogen and oxygen atoms in total. The van der Waals surface area contributed by atoms with Gasteiger partial charge in [-0.15, -0.1) is 11.8 Å². The van der Waals surface area contributed by atoms with E-state index < -0.39 is 23.6 Å². The fraction of sp³-hybridized carbons (Fsp3) is 0.462. The summed E-state index contributed by atoms with van der Waals surface area (Å²) < 4.78 is 30.9. The van der Waals surface area contributed by atoms with Gasteiger partial charge in [-0.05, 0) is 12.1 Å². The van der Waals surface area contributed by atoms with Crippen molar-refractivity contribution in [3.63, 3.8) is 0 Å². The number of benzene rings is 1. The summed E-state index contributed by atoms with van der Waals surface area (Å²) in [5.74, 6) is -1.33. The van der Waals surface area contributed by atoms with E-state index in [2.05, 4.69) is 10.1 Å². The van der Waals surface area contributed by atoms with Crippen molar-refractivity contribution in [2.24, 2.45) is 0 Å². The number of esters is 1. The highest BCUT2D eigenvalue weighted by Crippen LogP contribution is 2.23. The van der Waals surface area contributed by atoms with E-state index in [4.69, 9.17) is 0 Å². The van der Waals surface area contributed by atoms with E-state index in [1.54, 1.807) is 0 Å². The monoisotopic (exact) mass is 289 g/mol. The molecule has 0 aliphatic rings. The third kappa shape index (κ3) is 5.16. The highest BCUT2D eigenvalue weighted by atomic mass is 32.2. The van der Waals surface area contributed by atoms with E-state index in [9.17, 15) is 13.6 Å². The van der Waals surface area contributed by atoms with Gasteiger partial charge in [-0.1, -0.05) is 13.8 Å². The van der Waals surface area contributed by atoms with Crippen LogP contribution in [0.5, 0.6) is 0 Å². The first-order chi connectivity index (χ1) is 8.93. The van der Waals surface area contributed by atoms with Crippen molar-refractivity contribution in [3.8, 4) is 0 Å². The predicted molar refractivity (Wildman–Crippen MR) is 71.2 cm³/mol. The number of halogens is 2. The molecule has 0 heterocycles. The Labute approximate surface area is 115 Å². The Hall–Kier alpha value is -1.14. The van der Waals surface area contributed by atoms with Crippen LogP contribution >= 0.6 is 11.8 Å². The van der Waals surface area contributed by atoms with Crippen LogP contribution in [-0.2, 0) is 9.53 Å². The van der Waals surface area contributed by atoms with Crippen LogP contribution in [0.2, 0.25) is 0 Å². The van der Waals surface area contributed by atoms with E-state index in [1.807, 2.05) is 13.8 Å². The van der Waals surface area contributed by atoms with E-state index in [0.29, 0.717) is 10.6 Å². The summed E-state index contributed by atoms with van der Waals surface area (Å²) >= 11 is 1.14. The van der Waals surface area contributed by atoms with Crippen LogP contribution in [0.3, 0.4) is 0 Å². The summed E-state index contributed by atoms with van der Waals surface area (Å²) in [6, 6.07) is 2.95. The van der Waals surface area contributed by atoms with Crippen LogP contribution < -0.4 is 5.32 Å². The van der Waals surface area contributed by atoms with Gasteiger partial charge in [-0.3, -0.25) is 4.79 Å². The first-order valence-corrected chi connectivity index (χ1v) is 6.84. The van der Waals surface area contributed by atoms with Gasteiger partial charge in [0.1, 0.15) is 17.7 Å². The van der Waals surface area contributed by atoms with Crippen LogP contribution in [0, 0.1) is 11.6 Å². The lowest BCUT2D eigenvalue weighted by molar-refractivity contribution is -0.142. The number of carbonyl (C=O) groups is 1. The zero-order chi connectivity index (χ0) is 14.4. The second kappa shape index (κ2) is 7.45. The Morgan fingerprint density at radius 3 is 2.63 bits per heavy atom. The summed E-state index contributed by atoms with van der Waals surface area (Å²) in [6.07, 6.45) is 0. The van der Waals surface area contributed by atoms with Gasteiger partial charge >= 0.3 is 5.97 Å². The molecule has 0 spiro atoms. The average molecular weight is 289 g/mol. The standard InChI is InChI=1S/C13H17F2NO2S/c1-8(2)16-11(13(17)18-3)7-19-12-5-4-9(14)6-10(12)15/h4-6,8,11,16H,7H2,1-3H3. The van der Waals surface area contributed by atoms with Crippen molar-refractivity contribution >= 4 is 17.7 Å². The van der Waals surface area contributed by atoms with Gasteiger partial charge in [0.05, 0.1) is 7.11 Å². The Morgan fingerprint density at radius 1 is 1.42 bits per heavy atom. The molecule has 19 heavy (non-hydrogen) atoms. The predicted octanol–water partition coefficient (Wildman–Crippen LogP) is 2.60. The molecule has 1 rings (SSSR count). The fourth-order valence-corrected chi connectivity index (χ4v) is 2.43. The maximum absolute atomic E-state index is 13.4. The van der Waals surface area contributed by atoms with Crippen molar-refractivity contribution in [1.82, 2.24) is 5.32 Å². The zero-order valence-corrected chi connectivity index (χ0v) is 11.9. The molecule has 0 fully saturated rings. The molecule has 0 aromatic heterocycles. The molecule has 1 atom stereocenters. The van der Waals surface area contributed by atoms with Gasteiger partial charge in [0.25, 0.3) is 0 Å². The van der Waals surface area contributed by atoms with E-state index in [1.165, 1.54) is 19.2 Å². The first kappa shape index (κ1) is 15.9. The molecule has 0 saturated carbocycles. The van der Waals surface area contributed by atoms with Crippen LogP contribution in [0.25, 0.3) is 0 Å². The van der Waals surface area contributed by atoms with E-state index >= 15 is 0 Å². The highest BCUT2D eigenvalue weighted by molar-refractivity contribution is 7.99. The van der Waals surface area contributed by atoms with Crippen molar-refractivity contribution in [1.29, 1.82) is 0 Å². The highest BCUT2D eigenvalue weighted by Gasteiger charge is 2.20. The van der Waals surface area contributed by atoms with Gasteiger partial charge in [0.15, 0.2) is 0 Å². The van der Waals surface area contributed by atoms with Crippen LogP contribution in [0.15, 0.2) is 23.1 Å². The molecule has 1 aromatic carbocycles. The Morgan fingerprint density at radius 2 is 2.11 bits per heavy atom. The average Bonchev–Trinajstić information content (AvgIpc) is 2.34. The molecule has 106 valence electrons. The smallest absolute Gasteiger partial charge is 0.323 e. The Kier molecular flexibility index (Phi) is 6.24. The van der Waals surface area contributed by atoms with Crippen molar-refractivity contribution < 1.29 is 18.3 Å². The maximum Gasteiger partial charge on any atom is 0.323 e. The van der Waals surface area contributed by atoms with Gasteiger partial charge in [0, 0.05) is 22.8 Å². The largest absolute Gasteiger partial charge is 0.468 e. The van der Waals surface area contributed by atoms with Crippen molar-refractivity contribution in [2.75, 3.05) is 12.9 Å². The van der Waals surface area contributed by atoms with Crippen LogP contribution in [0.4, 0.5) is 8.78 Å². The fourth-order valence-electron chi connectivity index (χ4n) is 1.49. The maximum atomic E-state index is 13.4. The minimum absolute atomic E-state index is 0.0998. The van der Waals surface area contributed by atoms with Gasteiger partial charge in [0.2, 0.25) is 0 Å². The molecule has 0 aliphatic carbocycles. The molecule has 1 aromatic rings. The van der Waals surface area contributed by atoms with Gasteiger partial charge < -0.3 is 10.1 Å². The molecule has 0 saturated heterocycles. The topological polar surface area (TPSA) is 38.3 Å². The van der Waals surface area contributed by atoms with E-state index in [0.717, 1.165) is 17.8 Å². The number of hydrogen-bond donors (Lipinski definition) is 1. The molecular formula is C13H17F2NO2S. The second-order valence-electron chi connectivity index (χ2n) is 4.28. The second-order valence-corrected chi connectivity index (χ2v) is 5.34. The summed E-state index contributed by atoms with van der Waals surface area (Å²) in [5, 5.41) is 3.04. The number of rotatable bonds is 6. The third-order valence-electron chi connectivity index (χ3n) is 2.32. The molecule has 6 heteroatoms. The Balaban J connectivity index is 2.67. The van der Waals surface area contributed by atoms with Crippen LogP contribution in [-0.4, -0.2) is 30.9 Å². The lowest BCUT2D eigenvalue weighted by atomic mass is 10.3. The molecule has 0 radical (unpaired) electrons. The number of carbonyl (C=O) groups excluding carboxylic acids is 1. The van der Waals surface area contributed by atoms with Gasteiger partial charge in [-0.25, -0.2) is 8.78 Å². The number of hydrogen-bond acceptors (Lipinski definition) is 4. The molecule has 1 unspecified atom stereocenters. The summed E-state index contributed by atoms with van der Waals surface area (Å²) in [7, 11) is 1.31. The van der Waals surface area contributed by atoms with Crippen LogP contribution in [0.1, 0.15) is 13.8 Å². The lowest BCUT2D eigenvalue weighted by Gasteiger charge is -2.18. The molecule has 0 aliphatic heterocycles. The molecule has 0 amide bonds. The van der Waals surface area contributed by atoms with Crippen molar-refractivity contribution in [2.45, 2.75) is 30.8 Å². The number of ether oxygens (including phenoxy) is 1. The molecule has 0 bridgehead atoms. The quantitative estimate of drug-likeness (QED) is 0.645. The number of nitrogens with one attached hydrogen (secondary N) is 1. The molecular weight excluding hydrogens is 272 g/mol. The summed E-state index contributed by atoms with van der Waals surface area (Å²) in [6.45, 7) is 3.80. The SMILES string of the molecule is COC(=O)C(CSc1ccc(F)cc1F)NC(C)C. The summed E-state index contributed by atoms with van der Waals surface area (Å²) in [4.78, 5) is 11.9. The van der Waals surface area contributed by atoms with Crippen molar-refractivity contribution in [3.05, 3.63) is 29.8 Å². The zero-order valence-electron chi connectivity index (χ0n) is 11.1. The lowest BCUT2D eigenvalue weighted by Crippen LogP contribution is -2.43. The minimum atomic E-state index is -0.627. The summed E-state index contributed by atoms with van der Waals surface area (Å²) in [5.41, 5.74) is 0. The Bertz CT molecular complexity index is 441. The minimum Gasteiger partial charge on any atom is -0.468 e. The number of methoxy groups -OCH3 is 1. The molecule has 1 N–H and O–H groups in total. The number of thioether (sulfide) groups is 1. The van der Waals surface area contributed by atoms with E-state index in [-0.39, 0.29) is 6.04 Å². The van der Waals surface area contributed by atoms with Gasteiger partial charge in [-0.2, -0.15) is 0 Å².